The van der Waals surface area contributed by atoms with Crippen molar-refractivity contribution in [1.29, 1.82) is 0 Å². The highest BCUT2D eigenvalue weighted by Gasteiger charge is 2.17. The van der Waals surface area contributed by atoms with Gasteiger partial charge in [-0.15, -0.1) is 0 Å². The summed E-state index contributed by atoms with van der Waals surface area (Å²) >= 11 is 0. The van der Waals surface area contributed by atoms with E-state index in [1.165, 1.54) is 6.42 Å². The number of nitrogens with zero attached hydrogens (tertiary/aromatic N) is 2. The molecule has 3 rings (SSSR count). The third-order valence-electron chi connectivity index (χ3n) is 3.35. The summed E-state index contributed by atoms with van der Waals surface area (Å²) in [6.07, 6.45) is 3.76. The lowest BCUT2D eigenvalue weighted by atomic mass is 10.00. The summed E-state index contributed by atoms with van der Waals surface area (Å²) in [5.74, 6) is 0.925. The van der Waals surface area contributed by atoms with Gasteiger partial charge in [0.25, 0.3) is 0 Å². The van der Waals surface area contributed by atoms with Gasteiger partial charge in [0.1, 0.15) is 12.1 Å². The highest BCUT2D eigenvalue weighted by molar-refractivity contribution is 5.82. The summed E-state index contributed by atoms with van der Waals surface area (Å²) < 4.78 is 0. The van der Waals surface area contributed by atoms with Crippen molar-refractivity contribution in [2.45, 2.75) is 12.8 Å². The predicted octanol–water partition coefficient (Wildman–Crippen LogP) is 1.49. The molecule has 1 aliphatic heterocycles. The van der Waals surface area contributed by atoms with E-state index in [1.807, 2.05) is 6.07 Å². The monoisotopic (exact) mass is 229 g/mol. The largest absolute Gasteiger partial charge is 0.508 e. The summed E-state index contributed by atoms with van der Waals surface area (Å²) in [6, 6.07) is 5.26. The Hall–Kier alpha value is -1.68. The quantitative estimate of drug-likeness (QED) is 0.819. The van der Waals surface area contributed by atoms with Crippen LogP contribution in [0, 0.1) is 5.92 Å². The number of rotatable bonds is 2. The summed E-state index contributed by atoms with van der Waals surface area (Å²) in [6.45, 7) is 2.16. The van der Waals surface area contributed by atoms with E-state index in [4.69, 9.17) is 0 Å². The smallest absolute Gasteiger partial charge is 0.116 e. The molecule has 0 radical (unpaired) electrons. The highest BCUT2D eigenvalue weighted by Crippen LogP contribution is 2.23. The average molecular weight is 229 g/mol. The van der Waals surface area contributed by atoms with E-state index in [9.17, 15) is 5.11 Å². The molecule has 0 amide bonds. The molecule has 1 atom stereocenters. The summed E-state index contributed by atoms with van der Waals surface area (Å²) in [7, 11) is 0. The zero-order chi connectivity index (χ0) is 11.7. The normalized spacial score (nSPS) is 19.9. The van der Waals surface area contributed by atoms with Crippen LogP contribution in [0.15, 0.2) is 24.5 Å². The Labute approximate surface area is 99.7 Å². The number of hydrogen-bond donors (Lipinski definition) is 2. The standard InChI is InChI=1S/C13H15N3O/c17-10-1-2-12-11(6-10)13(16-8-15-12)5-9-3-4-14-7-9/h1-2,6,8-9,14,17H,3-5,7H2. The number of aromatic nitrogens is 2. The molecule has 0 spiro atoms. The average Bonchev–Trinajstić information content (AvgIpc) is 2.83. The number of hydrogen-bond acceptors (Lipinski definition) is 4. The lowest BCUT2D eigenvalue weighted by Gasteiger charge is -2.09. The van der Waals surface area contributed by atoms with Crippen LogP contribution in [0.2, 0.25) is 0 Å². The Morgan fingerprint density at radius 2 is 2.29 bits per heavy atom. The molecular weight excluding hydrogens is 214 g/mol. The first-order valence-corrected chi connectivity index (χ1v) is 5.96. The Kier molecular flexibility index (Phi) is 2.65. The van der Waals surface area contributed by atoms with Crippen LogP contribution in [0.4, 0.5) is 0 Å². The Morgan fingerprint density at radius 3 is 3.12 bits per heavy atom. The first kappa shape index (κ1) is 10.5. The van der Waals surface area contributed by atoms with Crippen molar-refractivity contribution in [1.82, 2.24) is 15.3 Å². The second-order valence-corrected chi connectivity index (χ2v) is 4.58. The van der Waals surface area contributed by atoms with Gasteiger partial charge in [-0.1, -0.05) is 0 Å². The van der Waals surface area contributed by atoms with Crippen LogP contribution < -0.4 is 5.32 Å². The maximum atomic E-state index is 9.55. The Morgan fingerprint density at radius 1 is 1.35 bits per heavy atom. The maximum absolute atomic E-state index is 9.55. The van der Waals surface area contributed by atoms with Crippen LogP contribution in [0.3, 0.4) is 0 Å². The first-order chi connectivity index (χ1) is 8.33. The minimum Gasteiger partial charge on any atom is -0.508 e. The second-order valence-electron chi connectivity index (χ2n) is 4.58. The van der Waals surface area contributed by atoms with Gasteiger partial charge >= 0.3 is 0 Å². The van der Waals surface area contributed by atoms with E-state index in [0.29, 0.717) is 5.92 Å². The molecular formula is C13H15N3O. The number of nitrogens with one attached hydrogen (secondary N) is 1. The molecule has 88 valence electrons. The van der Waals surface area contributed by atoms with Crippen LogP contribution in [0.1, 0.15) is 12.1 Å². The van der Waals surface area contributed by atoms with Gasteiger partial charge in [0.2, 0.25) is 0 Å². The summed E-state index contributed by atoms with van der Waals surface area (Å²) in [5, 5.41) is 13.9. The van der Waals surface area contributed by atoms with E-state index in [2.05, 4.69) is 15.3 Å². The third kappa shape index (κ3) is 2.08. The van der Waals surface area contributed by atoms with Gasteiger partial charge in [-0.25, -0.2) is 9.97 Å². The van der Waals surface area contributed by atoms with Crippen LogP contribution in [-0.4, -0.2) is 28.2 Å². The van der Waals surface area contributed by atoms with E-state index >= 15 is 0 Å². The van der Waals surface area contributed by atoms with E-state index in [1.54, 1.807) is 18.5 Å². The zero-order valence-electron chi connectivity index (χ0n) is 9.56. The highest BCUT2D eigenvalue weighted by atomic mass is 16.3. The van der Waals surface area contributed by atoms with Crippen molar-refractivity contribution < 1.29 is 5.11 Å². The minimum absolute atomic E-state index is 0.276. The molecule has 1 aromatic heterocycles. The van der Waals surface area contributed by atoms with Crippen molar-refractivity contribution in [3.05, 3.63) is 30.2 Å². The topological polar surface area (TPSA) is 58.0 Å². The molecule has 4 nitrogen and oxygen atoms in total. The summed E-state index contributed by atoms with van der Waals surface area (Å²) in [4.78, 5) is 8.58. The van der Waals surface area contributed by atoms with Crippen molar-refractivity contribution in [2.75, 3.05) is 13.1 Å². The fraction of sp³-hybridized carbons (Fsp3) is 0.385. The van der Waals surface area contributed by atoms with Crippen LogP contribution in [0.25, 0.3) is 10.9 Å². The van der Waals surface area contributed by atoms with Gasteiger partial charge in [0, 0.05) is 5.39 Å². The van der Waals surface area contributed by atoms with Crippen molar-refractivity contribution in [3.8, 4) is 5.75 Å². The molecule has 4 heteroatoms. The molecule has 1 unspecified atom stereocenters. The third-order valence-corrected chi connectivity index (χ3v) is 3.35. The van der Waals surface area contributed by atoms with E-state index < -0.39 is 0 Å². The molecule has 2 heterocycles. The molecule has 1 saturated heterocycles. The predicted molar refractivity (Wildman–Crippen MR) is 65.9 cm³/mol. The minimum atomic E-state index is 0.276. The second kappa shape index (κ2) is 4.30. The van der Waals surface area contributed by atoms with Gasteiger partial charge in [0.05, 0.1) is 11.2 Å². The van der Waals surface area contributed by atoms with Gasteiger partial charge < -0.3 is 10.4 Å². The molecule has 1 fully saturated rings. The number of phenolic OH excluding ortho intramolecular Hbond substituents is 1. The molecule has 17 heavy (non-hydrogen) atoms. The molecule has 2 aromatic rings. The van der Waals surface area contributed by atoms with Gasteiger partial charge in [-0.3, -0.25) is 0 Å². The number of benzene rings is 1. The molecule has 0 saturated carbocycles. The maximum Gasteiger partial charge on any atom is 0.116 e. The molecule has 1 aromatic carbocycles. The Balaban J connectivity index is 1.99. The molecule has 0 bridgehead atoms. The SMILES string of the molecule is Oc1ccc2ncnc(CC3CCNC3)c2c1. The van der Waals surface area contributed by atoms with Crippen molar-refractivity contribution in [2.24, 2.45) is 5.92 Å². The number of fused-ring (bicyclic) bond motifs is 1. The fourth-order valence-electron chi connectivity index (χ4n) is 2.42. The van der Waals surface area contributed by atoms with Gasteiger partial charge in [-0.2, -0.15) is 0 Å². The number of aromatic hydroxyl groups is 1. The lowest BCUT2D eigenvalue weighted by molar-refractivity contribution is 0.476. The lowest BCUT2D eigenvalue weighted by Crippen LogP contribution is -2.11. The van der Waals surface area contributed by atoms with E-state index in [0.717, 1.165) is 36.1 Å². The van der Waals surface area contributed by atoms with Crippen molar-refractivity contribution >= 4 is 10.9 Å². The molecule has 0 aliphatic carbocycles. The van der Waals surface area contributed by atoms with Gasteiger partial charge in [-0.05, 0) is 50.0 Å². The fourth-order valence-corrected chi connectivity index (χ4v) is 2.42. The zero-order valence-corrected chi connectivity index (χ0v) is 9.56. The Bertz CT molecular complexity index is 535. The van der Waals surface area contributed by atoms with Crippen LogP contribution in [0.5, 0.6) is 5.75 Å². The van der Waals surface area contributed by atoms with Gasteiger partial charge in [0.15, 0.2) is 0 Å². The van der Waals surface area contributed by atoms with Crippen LogP contribution in [-0.2, 0) is 6.42 Å². The summed E-state index contributed by atoms with van der Waals surface area (Å²) in [5.41, 5.74) is 1.94. The van der Waals surface area contributed by atoms with E-state index in [-0.39, 0.29) is 5.75 Å². The first-order valence-electron chi connectivity index (χ1n) is 5.96. The molecule has 1 aliphatic rings. The van der Waals surface area contributed by atoms with Crippen LogP contribution >= 0.6 is 0 Å². The number of phenols is 1. The van der Waals surface area contributed by atoms with Crippen molar-refractivity contribution in [3.63, 3.8) is 0 Å². The molecule has 2 N–H and O–H groups in total.